The lowest BCUT2D eigenvalue weighted by atomic mass is 10.1. The van der Waals surface area contributed by atoms with E-state index in [9.17, 15) is 14.9 Å². The Morgan fingerprint density at radius 3 is 2.76 bits per heavy atom. The predicted octanol–water partition coefficient (Wildman–Crippen LogP) is 1.29. The zero-order chi connectivity index (χ0) is 15.8. The van der Waals surface area contributed by atoms with Gasteiger partial charge < -0.3 is 19.9 Å². The highest BCUT2D eigenvalue weighted by molar-refractivity contribution is 5.78. The number of ether oxygens (including phenoxy) is 2. The van der Waals surface area contributed by atoms with Crippen molar-refractivity contribution in [2.45, 2.75) is 18.9 Å². The summed E-state index contributed by atoms with van der Waals surface area (Å²) in [5.41, 5.74) is -0.311. The van der Waals surface area contributed by atoms with E-state index in [2.05, 4.69) is 10.3 Å². The fourth-order valence-electron chi connectivity index (χ4n) is 1.66. The van der Waals surface area contributed by atoms with Crippen molar-refractivity contribution < 1.29 is 24.3 Å². The third-order valence-corrected chi connectivity index (χ3v) is 2.70. The molecule has 21 heavy (non-hydrogen) atoms. The minimum Gasteiger partial charge on any atom is -0.481 e. The van der Waals surface area contributed by atoms with Crippen molar-refractivity contribution in [3.8, 4) is 5.88 Å². The molecule has 1 aromatic rings. The second-order valence-corrected chi connectivity index (χ2v) is 4.15. The molecule has 9 nitrogen and oxygen atoms in total. The quantitative estimate of drug-likeness (QED) is 0.397. The molecule has 116 valence electrons. The van der Waals surface area contributed by atoms with E-state index in [1.54, 1.807) is 0 Å². The molecule has 1 unspecified atom stereocenters. The normalized spacial score (nSPS) is 11.7. The molecule has 0 amide bonds. The number of nitro groups is 1. The van der Waals surface area contributed by atoms with Crippen LogP contribution in [0.25, 0.3) is 0 Å². The van der Waals surface area contributed by atoms with Crippen molar-refractivity contribution in [2.24, 2.45) is 0 Å². The smallest absolute Gasteiger partial charge is 0.326 e. The first-order chi connectivity index (χ1) is 9.99. The molecule has 9 heteroatoms. The fraction of sp³-hybridized carbons (Fsp3) is 0.500. The Hall–Kier alpha value is -2.42. The van der Waals surface area contributed by atoms with Crippen LogP contribution in [0.1, 0.15) is 12.8 Å². The van der Waals surface area contributed by atoms with Gasteiger partial charge in [-0.1, -0.05) is 0 Å². The number of carboxylic acids is 1. The van der Waals surface area contributed by atoms with Crippen LogP contribution in [-0.2, 0) is 9.53 Å². The molecule has 0 fully saturated rings. The van der Waals surface area contributed by atoms with E-state index in [1.165, 1.54) is 26.4 Å². The summed E-state index contributed by atoms with van der Waals surface area (Å²) in [5.74, 6) is -1.10. The summed E-state index contributed by atoms with van der Waals surface area (Å²) in [7, 11) is 2.88. The first-order valence-electron chi connectivity index (χ1n) is 6.17. The van der Waals surface area contributed by atoms with E-state index >= 15 is 0 Å². The second kappa shape index (κ2) is 8.00. The van der Waals surface area contributed by atoms with Gasteiger partial charge in [-0.25, -0.2) is 4.79 Å². The molecule has 0 saturated carbocycles. The third kappa shape index (κ3) is 4.88. The van der Waals surface area contributed by atoms with Gasteiger partial charge in [-0.2, -0.15) is 4.98 Å². The second-order valence-electron chi connectivity index (χ2n) is 4.15. The van der Waals surface area contributed by atoms with Crippen molar-refractivity contribution in [3.05, 3.63) is 22.2 Å². The number of pyridine rings is 1. The van der Waals surface area contributed by atoms with E-state index in [0.717, 1.165) is 0 Å². The number of methoxy groups -OCH3 is 2. The summed E-state index contributed by atoms with van der Waals surface area (Å²) in [4.78, 5) is 25.4. The summed E-state index contributed by atoms with van der Waals surface area (Å²) >= 11 is 0. The molecule has 1 aromatic heterocycles. The van der Waals surface area contributed by atoms with E-state index in [4.69, 9.17) is 14.6 Å². The molecule has 1 atom stereocenters. The van der Waals surface area contributed by atoms with Crippen LogP contribution in [0, 0.1) is 10.1 Å². The highest BCUT2D eigenvalue weighted by Crippen LogP contribution is 2.26. The zero-order valence-corrected chi connectivity index (χ0v) is 11.7. The standard InChI is InChI=1S/C12H17N3O6/c1-20-7-3-4-8(12(16)17)13-11-9(15(18)19)5-6-10(14-11)21-2/h5-6,8H,3-4,7H2,1-2H3,(H,13,14)(H,16,17). The summed E-state index contributed by atoms with van der Waals surface area (Å²) < 4.78 is 9.75. The molecule has 2 N–H and O–H groups in total. The summed E-state index contributed by atoms with van der Waals surface area (Å²) in [5, 5.41) is 22.7. The number of aromatic nitrogens is 1. The number of hydrogen-bond donors (Lipinski definition) is 2. The van der Waals surface area contributed by atoms with Gasteiger partial charge in [0.05, 0.1) is 12.0 Å². The minimum atomic E-state index is -1.12. The van der Waals surface area contributed by atoms with E-state index in [0.29, 0.717) is 13.0 Å². The number of nitrogens with zero attached hydrogens (tertiary/aromatic N) is 2. The Balaban J connectivity index is 2.95. The number of carboxylic acid groups (broad SMARTS) is 1. The molecule has 0 spiro atoms. The Morgan fingerprint density at radius 1 is 1.52 bits per heavy atom. The Kier molecular flexibility index (Phi) is 6.34. The highest BCUT2D eigenvalue weighted by atomic mass is 16.6. The monoisotopic (exact) mass is 299 g/mol. The van der Waals surface area contributed by atoms with E-state index < -0.39 is 16.9 Å². The number of nitrogens with one attached hydrogen (secondary N) is 1. The molecule has 0 saturated heterocycles. The molecule has 1 heterocycles. The molecular weight excluding hydrogens is 282 g/mol. The lowest BCUT2D eigenvalue weighted by Crippen LogP contribution is -2.30. The van der Waals surface area contributed by atoms with Gasteiger partial charge in [-0.3, -0.25) is 10.1 Å². The van der Waals surface area contributed by atoms with Crippen LogP contribution in [0.4, 0.5) is 11.5 Å². The van der Waals surface area contributed by atoms with Gasteiger partial charge in [-0.15, -0.1) is 0 Å². The number of anilines is 1. The molecule has 0 aliphatic carbocycles. The maximum atomic E-state index is 11.2. The Bertz CT molecular complexity index is 508. The topological polar surface area (TPSA) is 124 Å². The van der Waals surface area contributed by atoms with Gasteiger partial charge in [0.15, 0.2) is 0 Å². The van der Waals surface area contributed by atoms with Crippen LogP contribution >= 0.6 is 0 Å². The maximum absolute atomic E-state index is 11.2. The predicted molar refractivity (Wildman–Crippen MR) is 73.6 cm³/mol. The third-order valence-electron chi connectivity index (χ3n) is 2.70. The van der Waals surface area contributed by atoms with Crippen molar-refractivity contribution in [1.82, 2.24) is 4.98 Å². The average Bonchev–Trinajstić information content (AvgIpc) is 2.45. The fourth-order valence-corrected chi connectivity index (χ4v) is 1.66. The van der Waals surface area contributed by atoms with Gasteiger partial charge in [0.25, 0.3) is 0 Å². The van der Waals surface area contributed by atoms with Gasteiger partial charge in [0.2, 0.25) is 11.7 Å². The van der Waals surface area contributed by atoms with Gasteiger partial charge in [0, 0.05) is 25.8 Å². The van der Waals surface area contributed by atoms with E-state index in [-0.39, 0.29) is 23.8 Å². The SMILES string of the molecule is COCCCC(Nc1nc(OC)ccc1[N+](=O)[O-])C(=O)O. The van der Waals surface area contributed by atoms with Crippen LogP contribution in [0.5, 0.6) is 5.88 Å². The van der Waals surface area contributed by atoms with Crippen molar-refractivity contribution in [1.29, 1.82) is 0 Å². The van der Waals surface area contributed by atoms with Crippen LogP contribution < -0.4 is 10.1 Å². The molecule has 0 aromatic carbocycles. The highest BCUT2D eigenvalue weighted by Gasteiger charge is 2.23. The molecule has 1 rings (SSSR count). The molecular formula is C12H17N3O6. The lowest BCUT2D eigenvalue weighted by molar-refractivity contribution is -0.384. The molecule has 0 aliphatic rings. The first kappa shape index (κ1) is 16.6. The molecule has 0 radical (unpaired) electrons. The van der Waals surface area contributed by atoms with Crippen LogP contribution in [-0.4, -0.2) is 47.9 Å². The Morgan fingerprint density at radius 2 is 2.24 bits per heavy atom. The van der Waals surface area contributed by atoms with Crippen molar-refractivity contribution in [3.63, 3.8) is 0 Å². The molecule has 0 aliphatic heterocycles. The first-order valence-corrected chi connectivity index (χ1v) is 6.17. The maximum Gasteiger partial charge on any atom is 0.326 e. The van der Waals surface area contributed by atoms with E-state index in [1.807, 2.05) is 0 Å². The summed E-state index contributed by atoms with van der Waals surface area (Å²) in [6.07, 6.45) is 0.747. The summed E-state index contributed by atoms with van der Waals surface area (Å²) in [6.45, 7) is 0.402. The number of rotatable bonds is 9. The van der Waals surface area contributed by atoms with Crippen LogP contribution in [0.3, 0.4) is 0 Å². The Labute approximate surface area is 121 Å². The van der Waals surface area contributed by atoms with Crippen molar-refractivity contribution in [2.75, 3.05) is 26.1 Å². The lowest BCUT2D eigenvalue weighted by Gasteiger charge is -2.15. The number of aliphatic carboxylic acids is 1. The summed E-state index contributed by atoms with van der Waals surface area (Å²) in [6, 6.07) is 1.55. The molecule has 0 bridgehead atoms. The van der Waals surface area contributed by atoms with Gasteiger partial charge in [0.1, 0.15) is 6.04 Å². The van der Waals surface area contributed by atoms with Crippen molar-refractivity contribution >= 4 is 17.5 Å². The van der Waals surface area contributed by atoms with Gasteiger partial charge in [-0.05, 0) is 12.8 Å². The average molecular weight is 299 g/mol. The minimum absolute atomic E-state index is 0.135. The zero-order valence-electron chi connectivity index (χ0n) is 11.7. The van der Waals surface area contributed by atoms with Crippen LogP contribution in [0.15, 0.2) is 12.1 Å². The number of hydrogen-bond acceptors (Lipinski definition) is 7. The largest absolute Gasteiger partial charge is 0.481 e. The number of carbonyl (C=O) groups is 1. The van der Waals surface area contributed by atoms with Gasteiger partial charge >= 0.3 is 11.7 Å². The van der Waals surface area contributed by atoms with Crippen LogP contribution in [0.2, 0.25) is 0 Å².